The molecule has 5 nitrogen and oxygen atoms in total. The molecule has 3 aromatic rings. The highest BCUT2D eigenvalue weighted by Gasteiger charge is 2.18. The number of furan rings is 1. The first-order chi connectivity index (χ1) is 12.7. The molecule has 0 saturated carbocycles. The van der Waals surface area contributed by atoms with Gasteiger partial charge in [0, 0.05) is 6.42 Å². The summed E-state index contributed by atoms with van der Waals surface area (Å²) in [6.45, 7) is 12.5. The average molecular weight is 431 g/mol. The molecule has 0 aliphatic carbocycles. The van der Waals surface area contributed by atoms with Crippen molar-refractivity contribution < 1.29 is 13.7 Å². The van der Waals surface area contributed by atoms with Crippen LogP contribution < -0.4 is 5.32 Å². The normalized spacial score (nSPS) is 11.1. The number of benzene rings is 1. The van der Waals surface area contributed by atoms with E-state index in [4.69, 9.17) is 8.94 Å². The summed E-state index contributed by atoms with van der Waals surface area (Å²) in [4.78, 5) is 12.4. The molecule has 27 heavy (non-hydrogen) atoms. The van der Waals surface area contributed by atoms with Gasteiger partial charge in [-0.25, -0.2) is 0 Å². The smallest absolute Gasteiger partial charge is 0.292 e. The van der Waals surface area contributed by atoms with Crippen LogP contribution in [0.25, 0.3) is 0 Å². The zero-order valence-electron chi connectivity index (χ0n) is 16.4. The largest absolute Gasteiger partial charge is 0.456 e. The Morgan fingerprint density at radius 3 is 2.15 bits per heavy atom. The molecule has 142 valence electrons. The summed E-state index contributed by atoms with van der Waals surface area (Å²) in [7, 11) is 0. The first kappa shape index (κ1) is 19.4. The maximum absolute atomic E-state index is 12.4. The van der Waals surface area contributed by atoms with Crippen LogP contribution in [-0.2, 0) is 6.42 Å². The van der Waals surface area contributed by atoms with Gasteiger partial charge in [0.15, 0.2) is 11.6 Å². The van der Waals surface area contributed by atoms with Gasteiger partial charge in [0.05, 0.1) is 0 Å². The molecule has 0 aliphatic heterocycles. The van der Waals surface area contributed by atoms with Crippen molar-refractivity contribution >= 4 is 27.7 Å². The van der Waals surface area contributed by atoms with E-state index in [1.54, 1.807) is 13.0 Å². The summed E-state index contributed by atoms with van der Waals surface area (Å²) in [6.07, 6.45) is 0.652. The SMILES string of the molecule is Cc1onc(NC(=O)c2ccc(Cc3c(C)c(C)c(C)c(C)c3C)o2)c1Br. The van der Waals surface area contributed by atoms with Crippen molar-refractivity contribution in [3.05, 3.63) is 67.3 Å². The van der Waals surface area contributed by atoms with Crippen LogP contribution in [0.15, 0.2) is 25.5 Å². The highest BCUT2D eigenvalue weighted by Crippen LogP contribution is 2.29. The number of hydrogen-bond donors (Lipinski definition) is 1. The second-order valence-electron chi connectivity index (χ2n) is 6.90. The van der Waals surface area contributed by atoms with Gasteiger partial charge in [-0.2, -0.15) is 0 Å². The molecular weight excluding hydrogens is 408 g/mol. The van der Waals surface area contributed by atoms with Gasteiger partial charge in [-0.3, -0.25) is 4.79 Å². The molecule has 2 heterocycles. The molecule has 3 rings (SSSR count). The fourth-order valence-electron chi connectivity index (χ4n) is 3.22. The monoisotopic (exact) mass is 430 g/mol. The van der Waals surface area contributed by atoms with Gasteiger partial charge in [0.25, 0.3) is 5.91 Å². The molecule has 0 fully saturated rings. The highest BCUT2D eigenvalue weighted by molar-refractivity contribution is 9.10. The van der Waals surface area contributed by atoms with Crippen LogP contribution in [0.3, 0.4) is 0 Å². The molecule has 0 aliphatic rings. The van der Waals surface area contributed by atoms with Crippen LogP contribution in [0.5, 0.6) is 0 Å². The molecule has 1 N–H and O–H groups in total. The first-order valence-electron chi connectivity index (χ1n) is 8.78. The lowest BCUT2D eigenvalue weighted by Gasteiger charge is -2.18. The third-order valence-corrected chi connectivity index (χ3v) is 6.35. The van der Waals surface area contributed by atoms with Crippen LogP contribution in [0, 0.1) is 41.5 Å². The lowest BCUT2D eigenvalue weighted by Crippen LogP contribution is -2.11. The van der Waals surface area contributed by atoms with Gasteiger partial charge in [0.2, 0.25) is 0 Å². The molecule has 0 atom stereocenters. The van der Waals surface area contributed by atoms with E-state index in [9.17, 15) is 4.79 Å². The van der Waals surface area contributed by atoms with Gasteiger partial charge >= 0.3 is 0 Å². The van der Waals surface area contributed by atoms with E-state index in [2.05, 4.69) is 61.0 Å². The van der Waals surface area contributed by atoms with E-state index < -0.39 is 0 Å². The van der Waals surface area contributed by atoms with Crippen molar-refractivity contribution in [1.29, 1.82) is 0 Å². The van der Waals surface area contributed by atoms with Crippen molar-refractivity contribution in [3.8, 4) is 0 Å². The molecule has 6 heteroatoms. The number of carbonyl (C=O) groups excluding carboxylic acids is 1. The average Bonchev–Trinajstić information content (AvgIpc) is 3.24. The summed E-state index contributed by atoms with van der Waals surface area (Å²) >= 11 is 3.33. The van der Waals surface area contributed by atoms with Crippen LogP contribution in [-0.4, -0.2) is 11.1 Å². The summed E-state index contributed by atoms with van der Waals surface area (Å²) in [6, 6.07) is 3.53. The van der Waals surface area contributed by atoms with Crippen molar-refractivity contribution in [2.24, 2.45) is 0 Å². The maximum Gasteiger partial charge on any atom is 0.292 e. The third-order valence-electron chi connectivity index (χ3n) is 5.41. The minimum absolute atomic E-state index is 0.244. The summed E-state index contributed by atoms with van der Waals surface area (Å²) < 4.78 is 11.5. The van der Waals surface area contributed by atoms with E-state index in [1.165, 1.54) is 33.4 Å². The van der Waals surface area contributed by atoms with Crippen LogP contribution in [0.1, 0.15) is 55.5 Å². The minimum Gasteiger partial charge on any atom is -0.456 e. The number of aryl methyl sites for hydroxylation is 1. The lowest BCUT2D eigenvalue weighted by atomic mass is 9.88. The van der Waals surface area contributed by atoms with E-state index in [1.807, 2.05) is 6.07 Å². The number of hydrogen-bond acceptors (Lipinski definition) is 4. The minimum atomic E-state index is -0.361. The highest BCUT2D eigenvalue weighted by atomic mass is 79.9. The molecule has 1 amide bonds. The van der Waals surface area contributed by atoms with Gasteiger partial charge in [-0.15, -0.1) is 0 Å². The van der Waals surface area contributed by atoms with Gasteiger partial charge in [-0.1, -0.05) is 5.16 Å². The molecule has 0 saturated heterocycles. The van der Waals surface area contributed by atoms with Crippen LogP contribution >= 0.6 is 15.9 Å². The summed E-state index contributed by atoms with van der Waals surface area (Å²) in [5.41, 5.74) is 7.77. The van der Waals surface area contributed by atoms with Gasteiger partial charge < -0.3 is 14.3 Å². The topological polar surface area (TPSA) is 68.3 Å². The Morgan fingerprint density at radius 1 is 1.00 bits per heavy atom. The van der Waals surface area contributed by atoms with Gasteiger partial charge in [0.1, 0.15) is 16.0 Å². The van der Waals surface area contributed by atoms with Crippen molar-refractivity contribution in [2.45, 2.75) is 48.0 Å². The summed E-state index contributed by atoms with van der Waals surface area (Å²) in [5.74, 6) is 1.58. The number of nitrogens with zero attached hydrogens (tertiary/aromatic N) is 1. The molecule has 0 radical (unpaired) electrons. The Morgan fingerprint density at radius 2 is 1.59 bits per heavy atom. The number of nitrogens with one attached hydrogen (secondary N) is 1. The number of halogens is 1. The molecule has 0 bridgehead atoms. The fourth-order valence-corrected chi connectivity index (χ4v) is 3.46. The van der Waals surface area contributed by atoms with E-state index in [-0.39, 0.29) is 11.7 Å². The molecule has 2 aromatic heterocycles. The van der Waals surface area contributed by atoms with Crippen molar-refractivity contribution in [1.82, 2.24) is 5.16 Å². The lowest BCUT2D eigenvalue weighted by molar-refractivity contribution is 0.0994. The molecular formula is C21H23BrN2O3. The quantitative estimate of drug-likeness (QED) is 0.574. The van der Waals surface area contributed by atoms with Crippen LogP contribution in [0.2, 0.25) is 0 Å². The second-order valence-corrected chi connectivity index (χ2v) is 7.69. The Hall–Kier alpha value is -2.34. The fraction of sp³-hybridized carbons (Fsp3) is 0.333. The number of rotatable bonds is 4. The van der Waals surface area contributed by atoms with Crippen molar-refractivity contribution in [2.75, 3.05) is 5.32 Å². The Labute approximate surface area is 167 Å². The first-order valence-corrected chi connectivity index (χ1v) is 9.57. The predicted molar refractivity (Wildman–Crippen MR) is 109 cm³/mol. The molecule has 1 aromatic carbocycles. The molecule has 0 unspecified atom stereocenters. The van der Waals surface area contributed by atoms with Gasteiger partial charge in [-0.05, 0) is 103 Å². The molecule has 0 spiro atoms. The van der Waals surface area contributed by atoms with E-state index in [0.717, 1.165) is 5.76 Å². The standard InChI is InChI=1S/C21H23BrN2O3/c1-10-11(2)13(4)17(14(5)12(10)3)9-16-7-8-18(26-16)21(25)23-20-19(22)15(6)27-24-20/h7-8H,9H2,1-6H3,(H,23,24,25). The third kappa shape index (κ3) is 3.58. The Bertz CT molecular complexity index is 1000. The van der Waals surface area contributed by atoms with E-state index >= 15 is 0 Å². The number of anilines is 1. The maximum atomic E-state index is 12.4. The predicted octanol–water partition coefficient (Wildman–Crippen LogP) is 5.72. The summed E-state index contributed by atoms with van der Waals surface area (Å²) in [5, 5.41) is 6.50. The number of aromatic nitrogens is 1. The second kappa shape index (κ2) is 7.35. The van der Waals surface area contributed by atoms with E-state index in [0.29, 0.717) is 22.5 Å². The number of amides is 1. The van der Waals surface area contributed by atoms with Crippen LogP contribution in [0.4, 0.5) is 5.82 Å². The number of carbonyl (C=O) groups is 1. The Kier molecular flexibility index (Phi) is 5.29. The zero-order chi connectivity index (χ0) is 19.9. The Balaban J connectivity index is 1.83. The van der Waals surface area contributed by atoms with Crippen molar-refractivity contribution in [3.63, 3.8) is 0 Å². The zero-order valence-corrected chi connectivity index (χ0v) is 18.0.